The molecule has 0 N–H and O–H groups in total. The van der Waals surface area contributed by atoms with Crippen LogP contribution < -0.4 is 0 Å². The Morgan fingerprint density at radius 2 is 2.00 bits per heavy atom. The normalized spacial score (nSPS) is 44.1. The summed E-state index contributed by atoms with van der Waals surface area (Å²) in [5.74, 6) is 2.22. The van der Waals surface area contributed by atoms with Crippen molar-refractivity contribution in [2.45, 2.75) is 39.0 Å². The van der Waals surface area contributed by atoms with Gasteiger partial charge in [-0.15, -0.1) is 0 Å². The third-order valence-electron chi connectivity index (χ3n) is 3.24. The van der Waals surface area contributed by atoms with E-state index in [1.807, 2.05) is 0 Å². The Morgan fingerprint density at radius 1 is 1.27 bits per heavy atom. The summed E-state index contributed by atoms with van der Waals surface area (Å²) in [6.07, 6.45) is 6.31. The Bertz CT molecular complexity index is 170. The second kappa shape index (κ2) is 2.62. The molecule has 0 aromatic rings. The summed E-state index contributed by atoms with van der Waals surface area (Å²) in [4.78, 5) is 11.5. The van der Waals surface area contributed by atoms with E-state index in [0.717, 1.165) is 12.3 Å². The highest BCUT2D eigenvalue weighted by atomic mass is 16.1. The zero-order chi connectivity index (χ0) is 7.84. The Morgan fingerprint density at radius 3 is 2.82 bits per heavy atom. The van der Waals surface area contributed by atoms with Crippen LogP contribution in [0, 0.1) is 17.8 Å². The maximum absolute atomic E-state index is 11.5. The van der Waals surface area contributed by atoms with Gasteiger partial charge in [0.1, 0.15) is 5.78 Å². The van der Waals surface area contributed by atoms with Gasteiger partial charge < -0.3 is 0 Å². The highest BCUT2D eigenvalue weighted by molar-refractivity contribution is 5.85. The monoisotopic (exact) mass is 152 g/mol. The van der Waals surface area contributed by atoms with Gasteiger partial charge in [0.15, 0.2) is 0 Å². The van der Waals surface area contributed by atoms with Crippen LogP contribution in [0.2, 0.25) is 0 Å². The van der Waals surface area contributed by atoms with E-state index in [1.165, 1.54) is 25.7 Å². The van der Waals surface area contributed by atoms with Crippen LogP contribution in [0.3, 0.4) is 0 Å². The van der Waals surface area contributed by atoms with Gasteiger partial charge in [-0.1, -0.05) is 19.8 Å². The van der Waals surface area contributed by atoms with Crippen molar-refractivity contribution in [1.29, 1.82) is 0 Å². The first kappa shape index (κ1) is 7.33. The second-order valence-corrected chi connectivity index (χ2v) is 4.19. The van der Waals surface area contributed by atoms with Gasteiger partial charge in [0.2, 0.25) is 0 Å². The molecule has 1 heteroatoms. The zero-order valence-electron chi connectivity index (χ0n) is 7.18. The lowest BCUT2D eigenvalue weighted by Gasteiger charge is -2.12. The smallest absolute Gasteiger partial charge is 0.139 e. The summed E-state index contributed by atoms with van der Waals surface area (Å²) in [6.45, 7) is 2.10. The molecule has 3 atom stereocenters. The minimum atomic E-state index is 0.366. The van der Waals surface area contributed by atoms with Gasteiger partial charge in [-0.25, -0.2) is 0 Å². The maximum atomic E-state index is 11.5. The number of ketones is 1. The quantitative estimate of drug-likeness (QED) is 0.521. The van der Waals surface area contributed by atoms with Crippen LogP contribution in [0.25, 0.3) is 0 Å². The molecule has 2 aliphatic carbocycles. The topological polar surface area (TPSA) is 17.1 Å². The second-order valence-electron chi connectivity index (χ2n) is 4.19. The van der Waals surface area contributed by atoms with E-state index in [0.29, 0.717) is 17.6 Å². The van der Waals surface area contributed by atoms with Crippen LogP contribution in [-0.2, 0) is 4.79 Å². The first-order valence-electron chi connectivity index (χ1n) is 4.83. The number of hydrogen-bond acceptors (Lipinski definition) is 1. The Kier molecular flexibility index (Phi) is 1.74. The molecule has 2 rings (SSSR count). The van der Waals surface area contributed by atoms with Crippen molar-refractivity contribution >= 4 is 5.78 Å². The zero-order valence-corrected chi connectivity index (χ0v) is 7.18. The molecule has 0 aromatic carbocycles. The van der Waals surface area contributed by atoms with E-state index in [2.05, 4.69) is 6.92 Å². The highest BCUT2D eigenvalue weighted by Crippen LogP contribution is 2.46. The van der Waals surface area contributed by atoms with Crippen LogP contribution >= 0.6 is 0 Å². The fraction of sp³-hybridized carbons (Fsp3) is 0.900. The van der Waals surface area contributed by atoms with E-state index in [9.17, 15) is 4.79 Å². The number of Topliss-reactive ketones (excluding diaryl/α,β-unsaturated/α-hetero) is 1. The maximum Gasteiger partial charge on any atom is 0.139 e. The standard InChI is InChI=1S/C10H16O/c1-7-4-2-3-5-8-6-9(8)10(7)11/h7-9H,2-6H2,1H3/t7-,8+,9-/m1/s1. The third kappa shape index (κ3) is 1.33. The molecule has 0 unspecified atom stereocenters. The number of carbonyl (C=O) groups is 1. The molecule has 2 fully saturated rings. The molecular formula is C10H16O. The van der Waals surface area contributed by atoms with Crippen LogP contribution in [-0.4, -0.2) is 5.78 Å². The van der Waals surface area contributed by atoms with Crippen LogP contribution in [0.15, 0.2) is 0 Å². The fourth-order valence-electron chi connectivity index (χ4n) is 2.28. The van der Waals surface area contributed by atoms with Gasteiger partial charge >= 0.3 is 0 Å². The largest absolute Gasteiger partial charge is 0.299 e. The minimum Gasteiger partial charge on any atom is -0.299 e. The average Bonchev–Trinajstić information content (AvgIpc) is 2.73. The van der Waals surface area contributed by atoms with E-state index >= 15 is 0 Å². The van der Waals surface area contributed by atoms with Gasteiger partial charge in [-0.2, -0.15) is 0 Å². The minimum absolute atomic E-state index is 0.366. The van der Waals surface area contributed by atoms with Crippen molar-refractivity contribution < 1.29 is 4.79 Å². The lowest BCUT2D eigenvalue weighted by molar-refractivity contribution is -0.124. The summed E-state index contributed by atoms with van der Waals surface area (Å²) in [5.41, 5.74) is 0. The lowest BCUT2D eigenvalue weighted by atomic mass is 9.91. The van der Waals surface area contributed by atoms with Crippen LogP contribution in [0.1, 0.15) is 39.0 Å². The highest BCUT2D eigenvalue weighted by Gasteiger charge is 2.44. The molecule has 2 saturated carbocycles. The van der Waals surface area contributed by atoms with E-state index in [4.69, 9.17) is 0 Å². The molecule has 0 aliphatic heterocycles. The summed E-state index contributed by atoms with van der Waals surface area (Å²) >= 11 is 0. The van der Waals surface area contributed by atoms with Gasteiger partial charge in [0.25, 0.3) is 0 Å². The Labute approximate surface area is 68.2 Å². The first-order chi connectivity index (χ1) is 5.29. The van der Waals surface area contributed by atoms with Crippen molar-refractivity contribution in [3.8, 4) is 0 Å². The molecule has 11 heavy (non-hydrogen) atoms. The average molecular weight is 152 g/mol. The van der Waals surface area contributed by atoms with Crippen molar-refractivity contribution in [2.24, 2.45) is 17.8 Å². The molecule has 0 aromatic heterocycles. The number of rotatable bonds is 0. The van der Waals surface area contributed by atoms with Crippen molar-refractivity contribution in [3.05, 3.63) is 0 Å². The van der Waals surface area contributed by atoms with Crippen molar-refractivity contribution in [3.63, 3.8) is 0 Å². The van der Waals surface area contributed by atoms with Crippen molar-refractivity contribution in [2.75, 3.05) is 0 Å². The molecule has 0 heterocycles. The molecule has 0 radical (unpaired) electrons. The first-order valence-corrected chi connectivity index (χ1v) is 4.83. The predicted octanol–water partition coefficient (Wildman–Crippen LogP) is 2.40. The number of hydrogen-bond donors (Lipinski definition) is 0. The molecular weight excluding hydrogens is 136 g/mol. The molecule has 0 spiro atoms. The summed E-state index contributed by atoms with van der Waals surface area (Å²) in [7, 11) is 0. The molecule has 0 saturated heterocycles. The predicted molar refractivity (Wildman–Crippen MR) is 44.2 cm³/mol. The SMILES string of the molecule is C[C@@H]1CCCC[C@H]2C[C@H]2C1=O. The Hall–Kier alpha value is -0.330. The van der Waals surface area contributed by atoms with Crippen LogP contribution in [0.4, 0.5) is 0 Å². The van der Waals surface area contributed by atoms with E-state index in [-0.39, 0.29) is 0 Å². The fourth-order valence-corrected chi connectivity index (χ4v) is 2.28. The Balaban J connectivity index is 2.01. The van der Waals surface area contributed by atoms with Crippen LogP contribution in [0.5, 0.6) is 0 Å². The molecule has 62 valence electrons. The lowest BCUT2D eigenvalue weighted by Crippen LogP contribution is -2.15. The van der Waals surface area contributed by atoms with Gasteiger partial charge in [-0.3, -0.25) is 4.79 Å². The number of carbonyl (C=O) groups excluding carboxylic acids is 1. The summed E-state index contributed by atoms with van der Waals surface area (Å²) in [6, 6.07) is 0. The summed E-state index contributed by atoms with van der Waals surface area (Å²) < 4.78 is 0. The van der Waals surface area contributed by atoms with Crippen molar-refractivity contribution in [1.82, 2.24) is 0 Å². The molecule has 0 amide bonds. The van der Waals surface area contributed by atoms with E-state index < -0.39 is 0 Å². The van der Waals surface area contributed by atoms with Gasteiger partial charge in [0.05, 0.1) is 0 Å². The van der Waals surface area contributed by atoms with Gasteiger partial charge in [0, 0.05) is 11.8 Å². The third-order valence-corrected chi connectivity index (χ3v) is 3.24. The number of fused-ring (bicyclic) bond motifs is 1. The molecule has 1 nitrogen and oxygen atoms in total. The molecule has 0 bridgehead atoms. The van der Waals surface area contributed by atoms with E-state index in [1.54, 1.807) is 0 Å². The van der Waals surface area contributed by atoms with Gasteiger partial charge in [-0.05, 0) is 25.2 Å². The summed E-state index contributed by atoms with van der Waals surface area (Å²) in [5, 5.41) is 0. The molecule has 2 aliphatic rings.